The Morgan fingerprint density at radius 3 is 2.94 bits per heavy atom. The van der Waals surface area contributed by atoms with Crippen LogP contribution in [0.3, 0.4) is 0 Å². The maximum absolute atomic E-state index is 11.9. The van der Waals surface area contributed by atoms with E-state index in [2.05, 4.69) is 27.5 Å². The third-order valence-corrected chi connectivity index (χ3v) is 4.02. The molecule has 0 bridgehead atoms. The van der Waals surface area contributed by atoms with Crippen molar-refractivity contribution in [1.29, 1.82) is 0 Å². The first kappa shape index (κ1) is 12.6. The minimum absolute atomic E-state index is 0.115. The fourth-order valence-corrected chi connectivity index (χ4v) is 2.82. The molecular formula is C13H20N2OS. The molecule has 17 heavy (non-hydrogen) atoms. The highest BCUT2D eigenvalue weighted by Gasteiger charge is 2.20. The summed E-state index contributed by atoms with van der Waals surface area (Å²) in [5.74, 6) is 0.132. The quantitative estimate of drug-likeness (QED) is 0.844. The Hall–Kier alpha value is -0.870. The summed E-state index contributed by atoms with van der Waals surface area (Å²) in [6, 6.07) is 2.38. The molecular weight excluding hydrogens is 232 g/mol. The molecule has 1 aromatic heterocycles. The van der Waals surface area contributed by atoms with E-state index >= 15 is 0 Å². The molecule has 4 heteroatoms. The molecule has 0 radical (unpaired) electrons. The van der Waals surface area contributed by atoms with E-state index in [1.54, 1.807) is 11.3 Å². The van der Waals surface area contributed by atoms with Crippen molar-refractivity contribution in [2.75, 3.05) is 0 Å². The molecule has 1 heterocycles. The zero-order chi connectivity index (χ0) is 12.1. The standard InChI is InChI=1S/C13H20N2OS/c1-10(14-8-11-6-7-17-9-11)13(16)15-12-4-2-3-5-12/h6-7,9-10,12,14H,2-5,8H2,1H3,(H,15,16). The van der Waals surface area contributed by atoms with Crippen LogP contribution in [0.2, 0.25) is 0 Å². The molecule has 1 amide bonds. The lowest BCUT2D eigenvalue weighted by atomic mass is 10.2. The third-order valence-electron chi connectivity index (χ3n) is 3.29. The number of nitrogens with one attached hydrogen (secondary N) is 2. The van der Waals surface area contributed by atoms with Gasteiger partial charge in [-0.15, -0.1) is 0 Å². The van der Waals surface area contributed by atoms with Gasteiger partial charge in [0.05, 0.1) is 6.04 Å². The Bertz CT molecular complexity index is 344. The fourth-order valence-electron chi connectivity index (χ4n) is 2.15. The van der Waals surface area contributed by atoms with Crippen molar-refractivity contribution in [3.63, 3.8) is 0 Å². The van der Waals surface area contributed by atoms with Crippen molar-refractivity contribution in [2.45, 2.75) is 51.2 Å². The van der Waals surface area contributed by atoms with Crippen LogP contribution in [0.15, 0.2) is 16.8 Å². The summed E-state index contributed by atoms with van der Waals surface area (Å²) in [6.45, 7) is 2.69. The van der Waals surface area contributed by atoms with Gasteiger partial charge in [-0.05, 0) is 42.2 Å². The molecule has 2 N–H and O–H groups in total. The topological polar surface area (TPSA) is 41.1 Å². The number of hydrogen-bond acceptors (Lipinski definition) is 3. The van der Waals surface area contributed by atoms with E-state index in [-0.39, 0.29) is 11.9 Å². The lowest BCUT2D eigenvalue weighted by Gasteiger charge is -2.17. The molecule has 2 rings (SSSR count). The van der Waals surface area contributed by atoms with Gasteiger partial charge in [0.15, 0.2) is 0 Å². The number of carbonyl (C=O) groups is 1. The van der Waals surface area contributed by atoms with Gasteiger partial charge in [0.25, 0.3) is 0 Å². The number of hydrogen-bond donors (Lipinski definition) is 2. The molecule has 1 fully saturated rings. The zero-order valence-corrected chi connectivity index (χ0v) is 11.1. The first-order chi connectivity index (χ1) is 8.25. The zero-order valence-electron chi connectivity index (χ0n) is 10.2. The van der Waals surface area contributed by atoms with Crippen LogP contribution in [-0.4, -0.2) is 18.0 Å². The summed E-state index contributed by atoms with van der Waals surface area (Å²) >= 11 is 1.69. The van der Waals surface area contributed by atoms with E-state index in [0.717, 1.165) is 19.4 Å². The predicted octanol–water partition coefficient (Wildman–Crippen LogP) is 2.29. The second kappa shape index (κ2) is 6.17. The molecule has 0 aliphatic heterocycles. The van der Waals surface area contributed by atoms with E-state index in [9.17, 15) is 4.79 Å². The Morgan fingerprint density at radius 2 is 2.29 bits per heavy atom. The molecule has 1 aliphatic rings. The van der Waals surface area contributed by atoms with E-state index in [1.165, 1.54) is 18.4 Å². The Labute approximate surface area is 107 Å². The summed E-state index contributed by atoms with van der Waals surface area (Å²) in [7, 11) is 0. The molecule has 94 valence electrons. The van der Waals surface area contributed by atoms with Crippen LogP contribution >= 0.6 is 11.3 Å². The highest BCUT2D eigenvalue weighted by atomic mass is 32.1. The molecule has 1 aliphatic carbocycles. The molecule has 0 spiro atoms. The monoisotopic (exact) mass is 252 g/mol. The lowest BCUT2D eigenvalue weighted by Crippen LogP contribution is -2.45. The predicted molar refractivity (Wildman–Crippen MR) is 71.0 cm³/mol. The lowest BCUT2D eigenvalue weighted by molar-refractivity contribution is -0.123. The van der Waals surface area contributed by atoms with Crippen LogP contribution in [0.1, 0.15) is 38.2 Å². The van der Waals surface area contributed by atoms with Crippen molar-refractivity contribution in [1.82, 2.24) is 10.6 Å². The van der Waals surface area contributed by atoms with Gasteiger partial charge in [0, 0.05) is 12.6 Å². The average Bonchev–Trinajstić information content (AvgIpc) is 2.98. The van der Waals surface area contributed by atoms with Crippen LogP contribution in [0.5, 0.6) is 0 Å². The molecule has 1 aromatic rings. The Morgan fingerprint density at radius 1 is 1.53 bits per heavy atom. The molecule has 1 unspecified atom stereocenters. The van der Waals surface area contributed by atoms with Crippen LogP contribution in [0.25, 0.3) is 0 Å². The highest BCUT2D eigenvalue weighted by molar-refractivity contribution is 7.07. The van der Waals surface area contributed by atoms with Crippen molar-refractivity contribution in [3.05, 3.63) is 22.4 Å². The summed E-state index contributed by atoms with van der Waals surface area (Å²) in [4.78, 5) is 11.9. The molecule has 0 aromatic carbocycles. The van der Waals surface area contributed by atoms with Gasteiger partial charge >= 0.3 is 0 Å². The smallest absolute Gasteiger partial charge is 0.237 e. The van der Waals surface area contributed by atoms with Gasteiger partial charge in [0.1, 0.15) is 0 Å². The van der Waals surface area contributed by atoms with Crippen LogP contribution in [0, 0.1) is 0 Å². The third kappa shape index (κ3) is 3.82. The van der Waals surface area contributed by atoms with Gasteiger partial charge in [-0.2, -0.15) is 11.3 Å². The maximum Gasteiger partial charge on any atom is 0.237 e. The normalized spacial score (nSPS) is 18.2. The fraction of sp³-hybridized carbons (Fsp3) is 0.615. The summed E-state index contributed by atoms with van der Waals surface area (Å²) in [6.07, 6.45) is 4.79. The van der Waals surface area contributed by atoms with Crippen LogP contribution < -0.4 is 10.6 Å². The SMILES string of the molecule is CC(NCc1ccsc1)C(=O)NC1CCCC1. The van der Waals surface area contributed by atoms with E-state index in [4.69, 9.17) is 0 Å². The average molecular weight is 252 g/mol. The van der Waals surface area contributed by atoms with Gasteiger partial charge in [-0.25, -0.2) is 0 Å². The second-order valence-corrected chi connectivity index (χ2v) is 5.50. The van der Waals surface area contributed by atoms with Crippen LogP contribution in [0.4, 0.5) is 0 Å². The Kier molecular flexibility index (Phi) is 4.57. The largest absolute Gasteiger partial charge is 0.352 e. The summed E-state index contributed by atoms with van der Waals surface area (Å²) in [5, 5.41) is 10.5. The van der Waals surface area contributed by atoms with Crippen molar-refractivity contribution >= 4 is 17.2 Å². The van der Waals surface area contributed by atoms with Crippen LogP contribution in [-0.2, 0) is 11.3 Å². The van der Waals surface area contributed by atoms with Gasteiger partial charge in [0.2, 0.25) is 5.91 Å². The summed E-state index contributed by atoms with van der Waals surface area (Å²) < 4.78 is 0. The van der Waals surface area contributed by atoms with Gasteiger partial charge < -0.3 is 10.6 Å². The highest BCUT2D eigenvalue weighted by Crippen LogP contribution is 2.17. The number of thiophene rings is 1. The van der Waals surface area contributed by atoms with Gasteiger partial charge in [-0.3, -0.25) is 4.79 Å². The first-order valence-corrected chi connectivity index (χ1v) is 7.25. The second-order valence-electron chi connectivity index (χ2n) is 4.72. The molecule has 0 saturated heterocycles. The van der Waals surface area contributed by atoms with Crippen molar-refractivity contribution in [3.8, 4) is 0 Å². The van der Waals surface area contributed by atoms with E-state index in [0.29, 0.717) is 6.04 Å². The number of carbonyl (C=O) groups excluding carboxylic acids is 1. The van der Waals surface area contributed by atoms with Crippen molar-refractivity contribution < 1.29 is 4.79 Å². The van der Waals surface area contributed by atoms with Gasteiger partial charge in [-0.1, -0.05) is 12.8 Å². The van der Waals surface area contributed by atoms with E-state index < -0.39 is 0 Å². The molecule has 3 nitrogen and oxygen atoms in total. The number of rotatable bonds is 5. The first-order valence-electron chi connectivity index (χ1n) is 6.30. The van der Waals surface area contributed by atoms with E-state index in [1.807, 2.05) is 6.92 Å². The number of amides is 1. The minimum atomic E-state index is -0.115. The maximum atomic E-state index is 11.9. The van der Waals surface area contributed by atoms with Crippen molar-refractivity contribution in [2.24, 2.45) is 0 Å². The Balaban J connectivity index is 1.71. The molecule has 1 saturated carbocycles. The minimum Gasteiger partial charge on any atom is -0.352 e. The molecule has 1 atom stereocenters. The summed E-state index contributed by atoms with van der Waals surface area (Å²) in [5.41, 5.74) is 1.25.